The molecule has 2 N–H and O–H groups in total. The molecule has 24 heavy (non-hydrogen) atoms. The molecule has 0 saturated carbocycles. The third kappa shape index (κ3) is 2.22. The highest BCUT2D eigenvalue weighted by Gasteiger charge is 2.11. The lowest BCUT2D eigenvalue weighted by Gasteiger charge is -2.06. The minimum atomic E-state index is 0.175. The molecule has 2 aromatic heterocycles. The maximum Gasteiger partial charge on any atom is 0.162 e. The van der Waals surface area contributed by atoms with Crippen LogP contribution in [0, 0.1) is 0 Å². The van der Waals surface area contributed by atoms with Gasteiger partial charge in [0.1, 0.15) is 11.3 Å². The van der Waals surface area contributed by atoms with Gasteiger partial charge >= 0.3 is 0 Å². The Kier molecular flexibility index (Phi) is 3.27. The predicted octanol–water partition coefficient (Wildman–Crippen LogP) is 4.11. The number of benzene rings is 2. The molecule has 0 aliphatic rings. The highest BCUT2D eigenvalue weighted by molar-refractivity contribution is 5.90. The van der Waals surface area contributed by atoms with Crippen LogP contribution in [-0.4, -0.2) is 29.3 Å². The van der Waals surface area contributed by atoms with Gasteiger partial charge in [-0.25, -0.2) is 4.98 Å². The Morgan fingerprint density at radius 3 is 2.50 bits per heavy atom. The van der Waals surface area contributed by atoms with Crippen LogP contribution in [0.3, 0.4) is 0 Å². The fraction of sp³-hybridized carbons (Fsp3) is 0.105. The molecule has 0 radical (unpaired) electrons. The molecule has 0 unspecified atom stereocenters. The van der Waals surface area contributed by atoms with Crippen LogP contribution in [0.4, 0.5) is 0 Å². The Balaban J connectivity index is 1.88. The average molecular weight is 320 g/mol. The molecular weight excluding hydrogens is 304 g/mol. The zero-order chi connectivity index (χ0) is 16.7. The van der Waals surface area contributed by atoms with Gasteiger partial charge in [-0.2, -0.15) is 0 Å². The summed E-state index contributed by atoms with van der Waals surface area (Å²) in [5.41, 5.74) is 3.15. The van der Waals surface area contributed by atoms with E-state index in [1.54, 1.807) is 26.4 Å². The number of aromatic hydroxyl groups is 1. The first-order chi connectivity index (χ1) is 11.7. The molecule has 2 heterocycles. The molecule has 0 atom stereocenters. The Hall–Kier alpha value is -3.21. The average Bonchev–Trinajstić information content (AvgIpc) is 3.03. The lowest BCUT2D eigenvalue weighted by molar-refractivity contribution is 0.356. The summed E-state index contributed by atoms with van der Waals surface area (Å²) >= 11 is 0. The zero-order valence-corrected chi connectivity index (χ0v) is 13.3. The Labute approximate surface area is 138 Å². The van der Waals surface area contributed by atoms with Gasteiger partial charge in [0.15, 0.2) is 11.5 Å². The summed E-state index contributed by atoms with van der Waals surface area (Å²) in [6.45, 7) is 0. The maximum absolute atomic E-state index is 10.0. The number of ether oxygens (including phenoxy) is 2. The molecule has 5 heteroatoms. The highest BCUT2D eigenvalue weighted by Crippen LogP contribution is 2.34. The second-order valence-electron chi connectivity index (χ2n) is 5.52. The van der Waals surface area contributed by atoms with Gasteiger partial charge in [-0.05, 0) is 24.3 Å². The van der Waals surface area contributed by atoms with Crippen LogP contribution in [-0.2, 0) is 0 Å². The van der Waals surface area contributed by atoms with Crippen LogP contribution in [0.2, 0.25) is 0 Å². The van der Waals surface area contributed by atoms with Gasteiger partial charge in [0.25, 0.3) is 0 Å². The first kappa shape index (κ1) is 14.4. The quantitative estimate of drug-likeness (QED) is 0.596. The molecule has 4 rings (SSSR count). The minimum absolute atomic E-state index is 0.175. The van der Waals surface area contributed by atoms with Gasteiger partial charge in [0, 0.05) is 22.4 Å². The smallest absolute Gasteiger partial charge is 0.162 e. The van der Waals surface area contributed by atoms with E-state index in [1.165, 1.54) is 0 Å². The molecule has 5 nitrogen and oxygen atoms in total. The number of nitrogens with zero attached hydrogens (tertiary/aromatic N) is 1. The standard InChI is InChI=1S/C19H16N2O3/c1-23-17-9-12-8-15(20-14(12)10-18(17)24-2)13-7-6-11-4-3-5-16(22)19(11)21-13/h3-10,20,22H,1-2H3. The van der Waals surface area contributed by atoms with E-state index in [-0.39, 0.29) is 5.75 Å². The molecule has 4 aromatic rings. The van der Waals surface area contributed by atoms with Gasteiger partial charge in [-0.1, -0.05) is 18.2 Å². The number of aromatic amines is 1. The van der Waals surface area contributed by atoms with E-state index in [9.17, 15) is 5.11 Å². The number of para-hydroxylation sites is 1. The first-order valence-corrected chi connectivity index (χ1v) is 7.53. The predicted molar refractivity (Wildman–Crippen MR) is 93.8 cm³/mol. The van der Waals surface area contributed by atoms with Gasteiger partial charge in [0.2, 0.25) is 0 Å². The number of nitrogens with one attached hydrogen (secondary N) is 1. The first-order valence-electron chi connectivity index (χ1n) is 7.53. The van der Waals surface area contributed by atoms with Crippen molar-refractivity contribution in [1.82, 2.24) is 9.97 Å². The number of fused-ring (bicyclic) bond motifs is 2. The van der Waals surface area contributed by atoms with Crippen molar-refractivity contribution < 1.29 is 14.6 Å². The van der Waals surface area contributed by atoms with Crippen LogP contribution in [0.1, 0.15) is 0 Å². The van der Waals surface area contributed by atoms with Gasteiger partial charge in [0.05, 0.1) is 25.6 Å². The SMILES string of the molecule is COc1cc2cc(-c3ccc4cccc(O)c4n3)[nH]c2cc1OC. The molecule has 0 aliphatic heterocycles. The third-order valence-corrected chi connectivity index (χ3v) is 4.10. The molecule has 0 bridgehead atoms. The van der Waals surface area contributed by atoms with E-state index in [1.807, 2.05) is 36.4 Å². The number of phenolic OH excluding ortho intramolecular Hbond substituents is 1. The Bertz CT molecular complexity index is 1010. The topological polar surface area (TPSA) is 67.4 Å². The number of hydrogen-bond donors (Lipinski definition) is 2. The second kappa shape index (κ2) is 5.45. The number of hydrogen-bond acceptors (Lipinski definition) is 4. The summed E-state index contributed by atoms with van der Waals surface area (Å²) in [7, 11) is 3.23. The Morgan fingerprint density at radius 1 is 0.917 bits per heavy atom. The summed E-state index contributed by atoms with van der Waals surface area (Å²) < 4.78 is 10.7. The monoisotopic (exact) mass is 320 g/mol. The fourth-order valence-electron chi connectivity index (χ4n) is 2.88. The van der Waals surface area contributed by atoms with Crippen molar-refractivity contribution >= 4 is 21.8 Å². The number of phenols is 1. The van der Waals surface area contributed by atoms with E-state index < -0.39 is 0 Å². The van der Waals surface area contributed by atoms with Gasteiger partial charge < -0.3 is 19.6 Å². The van der Waals surface area contributed by atoms with E-state index in [0.29, 0.717) is 17.0 Å². The lowest BCUT2D eigenvalue weighted by atomic mass is 10.1. The highest BCUT2D eigenvalue weighted by atomic mass is 16.5. The van der Waals surface area contributed by atoms with E-state index in [0.717, 1.165) is 27.7 Å². The van der Waals surface area contributed by atoms with Gasteiger partial charge in [-0.15, -0.1) is 0 Å². The third-order valence-electron chi connectivity index (χ3n) is 4.10. The lowest BCUT2D eigenvalue weighted by Crippen LogP contribution is -1.89. The molecule has 0 spiro atoms. The van der Waals surface area contributed by atoms with Crippen molar-refractivity contribution in [2.75, 3.05) is 14.2 Å². The Morgan fingerprint density at radius 2 is 1.71 bits per heavy atom. The fourth-order valence-corrected chi connectivity index (χ4v) is 2.88. The van der Waals surface area contributed by atoms with Crippen LogP contribution in [0.15, 0.2) is 48.5 Å². The molecule has 0 amide bonds. The second-order valence-corrected chi connectivity index (χ2v) is 5.52. The van der Waals surface area contributed by atoms with E-state index >= 15 is 0 Å². The number of aromatic nitrogens is 2. The zero-order valence-electron chi connectivity index (χ0n) is 13.3. The molecule has 0 aliphatic carbocycles. The van der Waals surface area contributed by atoms with E-state index in [4.69, 9.17) is 9.47 Å². The van der Waals surface area contributed by atoms with Gasteiger partial charge in [-0.3, -0.25) is 0 Å². The minimum Gasteiger partial charge on any atom is -0.506 e. The van der Waals surface area contributed by atoms with Crippen molar-refractivity contribution in [2.24, 2.45) is 0 Å². The summed E-state index contributed by atoms with van der Waals surface area (Å²) in [6, 6.07) is 15.1. The molecule has 2 aromatic carbocycles. The largest absolute Gasteiger partial charge is 0.506 e. The summed E-state index contributed by atoms with van der Waals surface area (Å²) in [4.78, 5) is 7.92. The number of H-pyrrole nitrogens is 1. The summed E-state index contributed by atoms with van der Waals surface area (Å²) in [6.07, 6.45) is 0. The van der Waals surface area contributed by atoms with Crippen molar-refractivity contribution in [3.05, 3.63) is 48.5 Å². The molecule has 0 saturated heterocycles. The molecule has 0 fully saturated rings. The van der Waals surface area contributed by atoms with Crippen molar-refractivity contribution in [3.63, 3.8) is 0 Å². The molecule has 120 valence electrons. The number of pyridine rings is 1. The van der Waals surface area contributed by atoms with Crippen molar-refractivity contribution in [3.8, 4) is 28.6 Å². The van der Waals surface area contributed by atoms with Crippen LogP contribution < -0.4 is 9.47 Å². The summed E-state index contributed by atoms with van der Waals surface area (Å²) in [5, 5.41) is 11.9. The summed E-state index contributed by atoms with van der Waals surface area (Å²) in [5.74, 6) is 1.52. The number of methoxy groups -OCH3 is 2. The van der Waals surface area contributed by atoms with E-state index in [2.05, 4.69) is 9.97 Å². The van der Waals surface area contributed by atoms with Crippen LogP contribution >= 0.6 is 0 Å². The maximum atomic E-state index is 10.0. The number of rotatable bonds is 3. The van der Waals surface area contributed by atoms with Crippen molar-refractivity contribution in [2.45, 2.75) is 0 Å². The van der Waals surface area contributed by atoms with Crippen molar-refractivity contribution in [1.29, 1.82) is 0 Å². The normalized spacial score (nSPS) is 11.1. The molecular formula is C19H16N2O3. The van der Waals surface area contributed by atoms with Crippen LogP contribution in [0.5, 0.6) is 17.2 Å². The van der Waals surface area contributed by atoms with Crippen LogP contribution in [0.25, 0.3) is 33.2 Å².